The molecule has 0 saturated heterocycles. The Balaban J connectivity index is 2.04. The van der Waals surface area contributed by atoms with Gasteiger partial charge in [0.15, 0.2) is 5.82 Å². The minimum atomic E-state index is 0.353. The van der Waals surface area contributed by atoms with E-state index in [-0.39, 0.29) is 0 Å². The maximum absolute atomic E-state index is 5.81. The highest BCUT2D eigenvalue weighted by atomic mass is 16.5. The summed E-state index contributed by atoms with van der Waals surface area (Å²) in [5, 5.41) is 7.43. The minimum Gasteiger partial charge on any atom is -0.485 e. The smallest absolute Gasteiger partial charge is 0.164 e. The molecule has 1 aromatic carbocycles. The predicted octanol–water partition coefficient (Wildman–Crippen LogP) is 2.37. The highest BCUT2D eigenvalue weighted by Gasteiger charge is 2.08. The molecule has 1 heterocycles. The fraction of sp³-hybridized carbons (Fsp3) is 0.467. The molecule has 0 bridgehead atoms. The number of rotatable bonds is 6. The van der Waals surface area contributed by atoms with Gasteiger partial charge in [0.2, 0.25) is 0 Å². The number of nitrogens with zero attached hydrogens (tertiary/aromatic N) is 3. The molecule has 1 N–H and O–H groups in total. The summed E-state index contributed by atoms with van der Waals surface area (Å²) in [7, 11) is 1.86. The molecular weight excluding hydrogens is 252 g/mol. The van der Waals surface area contributed by atoms with Crippen LogP contribution in [0.25, 0.3) is 0 Å². The third kappa shape index (κ3) is 3.36. The van der Waals surface area contributed by atoms with E-state index in [4.69, 9.17) is 4.74 Å². The van der Waals surface area contributed by atoms with Crippen molar-refractivity contribution in [3.05, 3.63) is 41.5 Å². The van der Waals surface area contributed by atoms with Crippen molar-refractivity contribution >= 4 is 0 Å². The number of ether oxygens (including phenoxy) is 1. The van der Waals surface area contributed by atoms with E-state index in [9.17, 15) is 0 Å². The summed E-state index contributed by atoms with van der Waals surface area (Å²) >= 11 is 0. The Morgan fingerprint density at radius 1 is 1.40 bits per heavy atom. The molecule has 20 heavy (non-hydrogen) atoms. The molecule has 5 heteroatoms. The van der Waals surface area contributed by atoms with E-state index in [1.165, 1.54) is 11.9 Å². The van der Waals surface area contributed by atoms with Gasteiger partial charge in [-0.15, -0.1) is 0 Å². The molecular formula is C15H22N4O. The number of nitrogens with one attached hydrogen (secondary N) is 1. The highest BCUT2D eigenvalue weighted by molar-refractivity contribution is 5.37. The lowest BCUT2D eigenvalue weighted by Crippen LogP contribution is -2.17. The van der Waals surface area contributed by atoms with E-state index in [0.717, 1.165) is 23.7 Å². The van der Waals surface area contributed by atoms with Crippen LogP contribution < -0.4 is 10.1 Å². The maximum Gasteiger partial charge on any atom is 0.164 e. The van der Waals surface area contributed by atoms with Crippen LogP contribution >= 0.6 is 0 Å². The van der Waals surface area contributed by atoms with Crippen molar-refractivity contribution in [3.63, 3.8) is 0 Å². The molecule has 1 aromatic heterocycles. The summed E-state index contributed by atoms with van der Waals surface area (Å²) in [6, 6.07) is 6.65. The fourth-order valence-corrected chi connectivity index (χ4v) is 2.12. The lowest BCUT2D eigenvalue weighted by Gasteiger charge is -2.15. The van der Waals surface area contributed by atoms with Gasteiger partial charge in [-0.1, -0.05) is 19.1 Å². The van der Waals surface area contributed by atoms with Gasteiger partial charge in [-0.05, 0) is 37.6 Å². The van der Waals surface area contributed by atoms with Crippen molar-refractivity contribution in [2.24, 2.45) is 7.05 Å². The number of aromatic nitrogens is 3. The number of benzene rings is 1. The van der Waals surface area contributed by atoms with Gasteiger partial charge in [-0.3, -0.25) is 4.68 Å². The Labute approximate surface area is 120 Å². The molecule has 0 aliphatic rings. The van der Waals surface area contributed by atoms with Crippen LogP contribution in [0.2, 0.25) is 0 Å². The molecule has 1 unspecified atom stereocenters. The van der Waals surface area contributed by atoms with Crippen molar-refractivity contribution in [1.82, 2.24) is 20.1 Å². The zero-order valence-electron chi connectivity index (χ0n) is 12.6. The van der Waals surface area contributed by atoms with Crippen LogP contribution in [0.4, 0.5) is 0 Å². The molecule has 0 aliphatic heterocycles. The second-order valence-corrected chi connectivity index (χ2v) is 4.89. The van der Waals surface area contributed by atoms with Gasteiger partial charge >= 0.3 is 0 Å². The monoisotopic (exact) mass is 274 g/mol. The lowest BCUT2D eigenvalue weighted by atomic mass is 10.1. The normalized spacial score (nSPS) is 12.4. The van der Waals surface area contributed by atoms with Crippen LogP contribution in [0.3, 0.4) is 0 Å². The molecule has 108 valence electrons. The van der Waals surface area contributed by atoms with Crippen LogP contribution in [0.1, 0.15) is 36.8 Å². The summed E-state index contributed by atoms with van der Waals surface area (Å²) in [6.45, 7) is 7.73. The van der Waals surface area contributed by atoms with E-state index in [0.29, 0.717) is 12.6 Å². The molecule has 0 amide bonds. The number of hydrogen-bond acceptors (Lipinski definition) is 4. The van der Waals surface area contributed by atoms with Gasteiger partial charge in [0.25, 0.3) is 0 Å². The average molecular weight is 274 g/mol. The topological polar surface area (TPSA) is 52.0 Å². The van der Waals surface area contributed by atoms with Gasteiger partial charge in [0, 0.05) is 13.1 Å². The second kappa shape index (κ2) is 6.52. The average Bonchev–Trinajstić information content (AvgIpc) is 2.83. The highest BCUT2D eigenvalue weighted by Crippen LogP contribution is 2.23. The quantitative estimate of drug-likeness (QED) is 0.878. The second-order valence-electron chi connectivity index (χ2n) is 4.89. The molecule has 0 radical (unpaired) electrons. The molecule has 1 atom stereocenters. The summed E-state index contributed by atoms with van der Waals surface area (Å²) < 4.78 is 7.53. The van der Waals surface area contributed by atoms with Gasteiger partial charge in [-0.25, -0.2) is 4.98 Å². The summed E-state index contributed by atoms with van der Waals surface area (Å²) in [5.74, 6) is 1.70. The molecule has 0 saturated carbocycles. The van der Waals surface area contributed by atoms with Crippen LogP contribution in [-0.4, -0.2) is 21.3 Å². The van der Waals surface area contributed by atoms with Crippen molar-refractivity contribution in [3.8, 4) is 5.75 Å². The lowest BCUT2D eigenvalue weighted by molar-refractivity contribution is 0.287. The van der Waals surface area contributed by atoms with Crippen LogP contribution in [-0.2, 0) is 13.7 Å². The fourth-order valence-electron chi connectivity index (χ4n) is 2.12. The third-order valence-electron chi connectivity index (χ3n) is 3.37. The first-order valence-electron chi connectivity index (χ1n) is 6.91. The van der Waals surface area contributed by atoms with Crippen molar-refractivity contribution in [2.75, 3.05) is 6.54 Å². The standard InChI is InChI=1S/C15H22N4O/c1-5-16-12(3)13-6-7-14(11(2)8-13)20-9-15-17-10-18-19(15)4/h6-8,10,12,16H,5,9H2,1-4H3. The summed E-state index contributed by atoms with van der Waals surface area (Å²) in [4.78, 5) is 4.15. The zero-order valence-corrected chi connectivity index (χ0v) is 12.6. The van der Waals surface area contributed by atoms with E-state index in [1.807, 2.05) is 13.1 Å². The summed E-state index contributed by atoms with van der Waals surface area (Å²) in [5.41, 5.74) is 2.41. The Hall–Kier alpha value is -1.88. The van der Waals surface area contributed by atoms with Crippen LogP contribution in [0, 0.1) is 6.92 Å². The van der Waals surface area contributed by atoms with Crippen molar-refractivity contribution < 1.29 is 4.74 Å². The Morgan fingerprint density at radius 2 is 2.20 bits per heavy atom. The Bertz CT molecular complexity index is 565. The predicted molar refractivity (Wildman–Crippen MR) is 78.6 cm³/mol. The largest absolute Gasteiger partial charge is 0.485 e. The first-order valence-corrected chi connectivity index (χ1v) is 6.91. The number of hydrogen-bond donors (Lipinski definition) is 1. The first-order chi connectivity index (χ1) is 9.61. The molecule has 5 nitrogen and oxygen atoms in total. The molecule has 0 spiro atoms. The minimum absolute atomic E-state index is 0.353. The van der Waals surface area contributed by atoms with Crippen molar-refractivity contribution in [1.29, 1.82) is 0 Å². The number of aryl methyl sites for hydroxylation is 2. The summed E-state index contributed by atoms with van der Waals surface area (Å²) in [6.07, 6.45) is 1.53. The van der Waals surface area contributed by atoms with E-state index >= 15 is 0 Å². The molecule has 0 aliphatic carbocycles. The van der Waals surface area contributed by atoms with Gasteiger partial charge in [-0.2, -0.15) is 5.10 Å². The first kappa shape index (κ1) is 14.5. The third-order valence-corrected chi connectivity index (χ3v) is 3.37. The van der Waals surface area contributed by atoms with Gasteiger partial charge in [0.05, 0.1) is 0 Å². The van der Waals surface area contributed by atoms with E-state index in [2.05, 4.69) is 48.3 Å². The molecule has 2 aromatic rings. The van der Waals surface area contributed by atoms with Crippen LogP contribution in [0.5, 0.6) is 5.75 Å². The van der Waals surface area contributed by atoms with Crippen molar-refractivity contribution in [2.45, 2.75) is 33.4 Å². The zero-order chi connectivity index (χ0) is 14.5. The van der Waals surface area contributed by atoms with Gasteiger partial charge in [0.1, 0.15) is 18.7 Å². The maximum atomic E-state index is 5.81. The van der Waals surface area contributed by atoms with Crippen LogP contribution in [0.15, 0.2) is 24.5 Å². The molecule has 0 fully saturated rings. The Kier molecular flexibility index (Phi) is 4.74. The van der Waals surface area contributed by atoms with E-state index in [1.54, 1.807) is 4.68 Å². The Morgan fingerprint density at radius 3 is 2.80 bits per heavy atom. The SMILES string of the molecule is CCNC(C)c1ccc(OCc2ncnn2C)c(C)c1. The molecule has 2 rings (SSSR count). The van der Waals surface area contributed by atoms with E-state index < -0.39 is 0 Å². The van der Waals surface area contributed by atoms with Gasteiger partial charge < -0.3 is 10.1 Å².